The Hall–Kier alpha value is -3.34. The van der Waals surface area contributed by atoms with Crippen molar-refractivity contribution in [3.63, 3.8) is 0 Å². The van der Waals surface area contributed by atoms with Gasteiger partial charge in [0.05, 0.1) is 17.0 Å². The minimum Gasteiger partial charge on any atom is -0.346 e. The highest BCUT2D eigenvalue weighted by Gasteiger charge is 2.48. The van der Waals surface area contributed by atoms with Crippen molar-refractivity contribution in [2.75, 3.05) is 7.05 Å². The topological polar surface area (TPSA) is 80.0 Å². The second-order valence-corrected chi connectivity index (χ2v) is 7.32. The summed E-state index contributed by atoms with van der Waals surface area (Å²) in [4.78, 5) is 14.2. The van der Waals surface area contributed by atoms with E-state index in [-0.39, 0.29) is 17.1 Å². The summed E-state index contributed by atoms with van der Waals surface area (Å²) in [6.45, 7) is 2.45. The standard InChI is InChI=1S/C21H19F3N4O/c1-20(15-8-9-16(22)13(10-15)11-25)17(18(29)28(3)19(26)27-20)12-4-6-14(7-5-12)21(2,23)24/h4-10,17H,1-3H3,(H2,26,27)/t17?,20-/m1/s1. The lowest BCUT2D eigenvalue weighted by Crippen LogP contribution is -2.62. The Morgan fingerprint density at radius 1 is 1.24 bits per heavy atom. The molecule has 0 bridgehead atoms. The normalized spacial score (nSPS) is 22.2. The van der Waals surface area contributed by atoms with Crippen LogP contribution >= 0.6 is 0 Å². The Balaban J connectivity index is 2.16. The third kappa shape index (κ3) is 3.44. The molecule has 29 heavy (non-hydrogen) atoms. The molecule has 1 aliphatic rings. The highest BCUT2D eigenvalue weighted by Crippen LogP contribution is 2.41. The first kappa shape index (κ1) is 20.4. The largest absolute Gasteiger partial charge is 0.346 e. The van der Waals surface area contributed by atoms with E-state index in [1.54, 1.807) is 13.0 Å². The van der Waals surface area contributed by atoms with Gasteiger partial charge in [0.25, 0.3) is 5.92 Å². The zero-order chi connectivity index (χ0) is 21.6. The fourth-order valence-corrected chi connectivity index (χ4v) is 3.57. The van der Waals surface area contributed by atoms with E-state index in [1.807, 2.05) is 0 Å². The maximum absolute atomic E-state index is 13.8. The van der Waals surface area contributed by atoms with Crippen molar-refractivity contribution in [3.8, 4) is 6.07 Å². The molecule has 1 fully saturated rings. The van der Waals surface area contributed by atoms with Crippen LogP contribution in [-0.2, 0) is 16.3 Å². The monoisotopic (exact) mass is 400 g/mol. The first-order chi connectivity index (χ1) is 13.5. The lowest BCUT2D eigenvalue weighted by atomic mass is 9.73. The predicted molar refractivity (Wildman–Crippen MR) is 101 cm³/mol. The molecule has 0 saturated carbocycles. The van der Waals surface area contributed by atoms with Crippen LogP contribution < -0.4 is 5.32 Å². The van der Waals surface area contributed by atoms with E-state index in [2.05, 4.69) is 5.32 Å². The number of rotatable bonds is 3. The summed E-state index contributed by atoms with van der Waals surface area (Å²) in [6, 6.07) is 11.1. The molecule has 0 aliphatic carbocycles. The summed E-state index contributed by atoms with van der Waals surface area (Å²) >= 11 is 0. The maximum atomic E-state index is 13.8. The van der Waals surface area contributed by atoms with Crippen molar-refractivity contribution in [2.45, 2.75) is 31.2 Å². The molecule has 1 heterocycles. The first-order valence-corrected chi connectivity index (χ1v) is 8.81. The average Bonchev–Trinajstić information content (AvgIpc) is 2.66. The molecule has 150 valence electrons. The average molecular weight is 400 g/mol. The summed E-state index contributed by atoms with van der Waals surface area (Å²) in [5.74, 6) is -5.18. The van der Waals surface area contributed by atoms with Crippen molar-refractivity contribution in [1.29, 1.82) is 10.7 Å². The molecule has 2 aromatic rings. The fourth-order valence-electron chi connectivity index (χ4n) is 3.57. The first-order valence-electron chi connectivity index (χ1n) is 8.81. The van der Waals surface area contributed by atoms with Gasteiger partial charge in [-0.3, -0.25) is 15.1 Å². The Labute approximate surface area is 166 Å². The Morgan fingerprint density at radius 3 is 2.41 bits per heavy atom. The summed E-state index contributed by atoms with van der Waals surface area (Å²) in [5, 5.41) is 20.2. The SMILES string of the molecule is CN1C(=N)N[C@](C)(c2ccc(F)c(C#N)c2)C(c2ccc(C(C)(F)F)cc2)C1=O. The Bertz CT molecular complexity index is 1020. The molecule has 8 heteroatoms. The molecule has 1 saturated heterocycles. The van der Waals surface area contributed by atoms with Gasteiger partial charge in [-0.25, -0.2) is 13.2 Å². The molecule has 3 rings (SSSR count). The number of alkyl halides is 2. The van der Waals surface area contributed by atoms with Crippen molar-refractivity contribution in [1.82, 2.24) is 10.2 Å². The molecule has 2 N–H and O–H groups in total. The molecule has 1 amide bonds. The number of nitriles is 1. The van der Waals surface area contributed by atoms with E-state index < -0.39 is 29.1 Å². The predicted octanol–water partition coefficient (Wildman–Crippen LogP) is 3.80. The highest BCUT2D eigenvalue weighted by atomic mass is 19.3. The summed E-state index contributed by atoms with van der Waals surface area (Å²) < 4.78 is 41.0. The van der Waals surface area contributed by atoms with Crippen LogP contribution in [-0.4, -0.2) is 23.8 Å². The molecule has 1 aliphatic heterocycles. The number of hydrogen-bond donors (Lipinski definition) is 2. The van der Waals surface area contributed by atoms with Crippen molar-refractivity contribution >= 4 is 11.9 Å². The zero-order valence-corrected chi connectivity index (χ0v) is 16.1. The van der Waals surface area contributed by atoms with Crippen LogP contribution in [0.15, 0.2) is 42.5 Å². The molecular weight excluding hydrogens is 381 g/mol. The number of halogens is 3. The van der Waals surface area contributed by atoms with Gasteiger partial charge in [0, 0.05) is 19.5 Å². The van der Waals surface area contributed by atoms with Crippen LogP contribution in [0.2, 0.25) is 0 Å². The van der Waals surface area contributed by atoms with Gasteiger partial charge in [-0.2, -0.15) is 5.26 Å². The van der Waals surface area contributed by atoms with Crippen molar-refractivity contribution in [2.24, 2.45) is 0 Å². The van der Waals surface area contributed by atoms with Crippen LogP contribution in [0, 0.1) is 22.6 Å². The van der Waals surface area contributed by atoms with E-state index in [9.17, 15) is 18.0 Å². The van der Waals surface area contributed by atoms with Gasteiger partial charge in [0.1, 0.15) is 11.9 Å². The number of hydrogen-bond acceptors (Lipinski definition) is 3. The number of carbonyl (C=O) groups is 1. The number of amides is 1. The zero-order valence-electron chi connectivity index (χ0n) is 16.1. The lowest BCUT2D eigenvalue weighted by Gasteiger charge is -2.46. The quantitative estimate of drug-likeness (QED) is 0.822. The summed E-state index contributed by atoms with van der Waals surface area (Å²) in [6.07, 6.45) is 0. The van der Waals surface area contributed by atoms with Crippen LogP contribution in [0.3, 0.4) is 0 Å². The van der Waals surface area contributed by atoms with Gasteiger partial charge < -0.3 is 5.32 Å². The maximum Gasteiger partial charge on any atom is 0.270 e. The van der Waals surface area contributed by atoms with E-state index in [0.717, 1.165) is 17.9 Å². The fraction of sp³-hybridized carbons (Fsp3) is 0.286. The molecule has 5 nitrogen and oxygen atoms in total. The summed E-state index contributed by atoms with van der Waals surface area (Å²) in [7, 11) is 1.43. The van der Waals surface area contributed by atoms with Gasteiger partial charge in [-0.1, -0.05) is 30.3 Å². The number of benzene rings is 2. The van der Waals surface area contributed by atoms with Gasteiger partial charge in [-0.05, 0) is 30.2 Å². The van der Waals surface area contributed by atoms with Crippen LogP contribution in [0.5, 0.6) is 0 Å². The molecule has 1 unspecified atom stereocenters. The molecule has 0 spiro atoms. The molecule has 2 atom stereocenters. The smallest absolute Gasteiger partial charge is 0.270 e. The highest BCUT2D eigenvalue weighted by molar-refractivity contribution is 6.02. The van der Waals surface area contributed by atoms with E-state index in [1.165, 1.54) is 43.4 Å². The third-order valence-electron chi connectivity index (χ3n) is 5.31. The second kappa shape index (κ2) is 6.92. The molecular formula is C21H19F3N4O. The third-order valence-corrected chi connectivity index (χ3v) is 5.31. The van der Waals surface area contributed by atoms with Gasteiger partial charge >= 0.3 is 0 Å². The van der Waals surface area contributed by atoms with Gasteiger partial charge in [0.15, 0.2) is 5.96 Å². The van der Waals surface area contributed by atoms with E-state index in [4.69, 9.17) is 10.7 Å². The van der Waals surface area contributed by atoms with Crippen LogP contribution in [0.1, 0.15) is 42.0 Å². The molecule has 0 aromatic heterocycles. The minimum absolute atomic E-state index is 0.159. The lowest BCUT2D eigenvalue weighted by molar-refractivity contribution is -0.131. The van der Waals surface area contributed by atoms with Crippen molar-refractivity contribution < 1.29 is 18.0 Å². The van der Waals surface area contributed by atoms with Gasteiger partial charge in [-0.15, -0.1) is 0 Å². The number of carbonyl (C=O) groups excluding carboxylic acids is 1. The van der Waals surface area contributed by atoms with E-state index >= 15 is 0 Å². The van der Waals surface area contributed by atoms with Crippen molar-refractivity contribution in [3.05, 3.63) is 70.5 Å². The number of likely N-dealkylation sites (N-methyl/N-ethyl adjacent to an activating group) is 1. The van der Waals surface area contributed by atoms with E-state index in [0.29, 0.717) is 11.1 Å². The number of nitrogens with zero attached hydrogens (tertiary/aromatic N) is 2. The number of nitrogens with one attached hydrogen (secondary N) is 2. The van der Waals surface area contributed by atoms with Crippen LogP contribution in [0.25, 0.3) is 0 Å². The molecule has 2 aromatic carbocycles. The van der Waals surface area contributed by atoms with Crippen LogP contribution in [0.4, 0.5) is 13.2 Å². The summed E-state index contributed by atoms with van der Waals surface area (Å²) in [5.41, 5.74) is -0.690. The minimum atomic E-state index is -3.02. The molecule has 0 radical (unpaired) electrons. The van der Waals surface area contributed by atoms with Gasteiger partial charge in [0.2, 0.25) is 5.91 Å². The Kier molecular flexibility index (Phi) is 4.87. The Morgan fingerprint density at radius 2 is 1.86 bits per heavy atom. The number of guanidine groups is 1. The second-order valence-electron chi connectivity index (χ2n) is 7.32.